The first-order valence-electron chi connectivity index (χ1n) is 7.24. The highest BCUT2D eigenvalue weighted by atomic mass is 31.2. The maximum atomic E-state index is 12.4. The SMILES string of the molecule is CCOP(=O)(C#CC1(C)CC(c2ccccc2)=NO1)OCC. The van der Waals surface area contributed by atoms with Gasteiger partial charge in [0, 0.05) is 12.1 Å². The molecule has 5 nitrogen and oxygen atoms in total. The fraction of sp³-hybridized carbons (Fsp3) is 0.438. The number of hydrogen-bond acceptors (Lipinski definition) is 5. The van der Waals surface area contributed by atoms with Crippen molar-refractivity contribution in [3.8, 4) is 11.6 Å². The van der Waals surface area contributed by atoms with Gasteiger partial charge in [0.2, 0.25) is 5.60 Å². The van der Waals surface area contributed by atoms with Gasteiger partial charge >= 0.3 is 7.60 Å². The lowest BCUT2D eigenvalue weighted by Gasteiger charge is -2.15. The van der Waals surface area contributed by atoms with E-state index in [1.54, 1.807) is 13.8 Å². The Bertz CT molecular complexity index is 637. The van der Waals surface area contributed by atoms with E-state index in [1.807, 2.05) is 37.3 Å². The third-order valence-corrected chi connectivity index (χ3v) is 4.61. The van der Waals surface area contributed by atoms with Gasteiger partial charge in [-0.1, -0.05) is 35.5 Å². The van der Waals surface area contributed by atoms with Gasteiger partial charge in [-0.15, -0.1) is 0 Å². The summed E-state index contributed by atoms with van der Waals surface area (Å²) in [6.45, 7) is 5.85. The van der Waals surface area contributed by atoms with Crippen LogP contribution in [0.25, 0.3) is 0 Å². The number of oxime groups is 1. The summed E-state index contributed by atoms with van der Waals surface area (Å²) < 4.78 is 22.7. The van der Waals surface area contributed by atoms with Crippen molar-refractivity contribution in [1.29, 1.82) is 0 Å². The molecule has 0 N–H and O–H groups in total. The molecule has 1 heterocycles. The van der Waals surface area contributed by atoms with Gasteiger partial charge in [0.05, 0.1) is 18.9 Å². The number of benzene rings is 1. The zero-order valence-corrected chi connectivity index (χ0v) is 13.9. The van der Waals surface area contributed by atoms with Gasteiger partial charge in [-0.3, -0.25) is 9.05 Å². The van der Waals surface area contributed by atoms with Gasteiger partial charge < -0.3 is 4.84 Å². The summed E-state index contributed by atoms with van der Waals surface area (Å²) in [6.07, 6.45) is 0.516. The number of rotatable bonds is 5. The first-order valence-corrected chi connectivity index (χ1v) is 8.78. The quantitative estimate of drug-likeness (QED) is 0.611. The average molecular weight is 321 g/mol. The van der Waals surface area contributed by atoms with Crippen molar-refractivity contribution in [3.63, 3.8) is 0 Å². The fourth-order valence-corrected chi connectivity index (χ4v) is 3.28. The van der Waals surface area contributed by atoms with E-state index < -0.39 is 13.2 Å². The highest BCUT2D eigenvalue weighted by Crippen LogP contribution is 2.47. The molecule has 0 aliphatic carbocycles. The third kappa shape index (κ3) is 4.20. The summed E-state index contributed by atoms with van der Waals surface area (Å²) in [5, 5.41) is 4.09. The van der Waals surface area contributed by atoms with E-state index in [0.717, 1.165) is 11.3 Å². The summed E-state index contributed by atoms with van der Waals surface area (Å²) >= 11 is 0. The highest BCUT2D eigenvalue weighted by molar-refractivity contribution is 7.59. The second-order valence-corrected chi connectivity index (χ2v) is 6.71. The van der Waals surface area contributed by atoms with Crippen LogP contribution in [-0.2, 0) is 18.5 Å². The van der Waals surface area contributed by atoms with E-state index >= 15 is 0 Å². The minimum absolute atomic E-state index is 0.273. The van der Waals surface area contributed by atoms with E-state index in [9.17, 15) is 4.57 Å². The van der Waals surface area contributed by atoms with Gasteiger partial charge in [0.1, 0.15) is 0 Å². The van der Waals surface area contributed by atoms with Gasteiger partial charge in [0.25, 0.3) is 0 Å². The monoisotopic (exact) mass is 321 g/mol. The average Bonchev–Trinajstić information content (AvgIpc) is 2.90. The van der Waals surface area contributed by atoms with Crippen LogP contribution in [0.3, 0.4) is 0 Å². The molecule has 1 aromatic carbocycles. The number of hydrogen-bond donors (Lipinski definition) is 0. The van der Waals surface area contributed by atoms with Crippen molar-refractivity contribution < 1.29 is 18.5 Å². The standard InChI is InChI=1S/C16H20NO4P/c1-4-19-22(18,20-5-2)12-11-16(3)13-15(17-21-16)14-9-7-6-8-10-14/h6-10H,4-5,13H2,1-3H3. The molecule has 6 heteroatoms. The van der Waals surface area contributed by atoms with Gasteiger partial charge in [-0.25, -0.2) is 4.57 Å². The van der Waals surface area contributed by atoms with E-state index in [2.05, 4.69) is 16.7 Å². The smallest absolute Gasteiger partial charge is 0.376 e. The molecular formula is C16H20NO4P. The van der Waals surface area contributed by atoms with Crippen LogP contribution in [0.1, 0.15) is 32.8 Å². The molecule has 0 fully saturated rings. The minimum atomic E-state index is -3.40. The zero-order chi connectivity index (χ0) is 16.1. The van der Waals surface area contributed by atoms with Crippen LogP contribution in [0.5, 0.6) is 0 Å². The van der Waals surface area contributed by atoms with Crippen molar-refractivity contribution >= 4 is 13.3 Å². The largest absolute Gasteiger partial charge is 0.405 e. The van der Waals surface area contributed by atoms with Crippen LogP contribution >= 0.6 is 7.60 Å². The molecule has 0 aromatic heterocycles. The van der Waals surface area contributed by atoms with Crippen LogP contribution in [0.15, 0.2) is 35.5 Å². The Morgan fingerprint density at radius 3 is 2.50 bits per heavy atom. The van der Waals surface area contributed by atoms with Gasteiger partial charge in [0.15, 0.2) is 0 Å². The summed E-state index contributed by atoms with van der Waals surface area (Å²) in [5.41, 5.74) is 3.60. The number of nitrogens with zero attached hydrogens (tertiary/aromatic N) is 1. The molecule has 118 valence electrons. The first-order chi connectivity index (χ1) is 10.5. The van der Waals surface area contributed by atoms with Crippen LogP contribution in [0.4, 0.5) is 0 Å². The molecule has 1 aromatic rings. The lowest BCUT2D eigenvalue weighted by molar-refractivity contribution is 0.0442. The molecule has 0 saturated carbocycles. The van der Waals surface area contributed by atoms with Gasteiger partial charge in [-0.05, 0) is 32.3 Å². The Labute approximate surface area is 131 Å². The van der Waals surface area contributed by atoms with E-state index in [-0.39, 0.29) is 13.2 Å². The molecule has 22 heavy (non-hydrogen) atoms. The van der Waals surface area contributed by atoms with Crippen molar-refractivity contribution in [2.24, 2.45) is 5.16 Å². The molecule has 1 atom stereocenters. The topological polar surface area (TPSA) is 57.1 Å². The predicted molar refractivity (Wildman–Crippen MR) is 85.7 cm³/mol. The predicted octanol–water partition coefficient (Wildman–Crippen LogP) is 3.80. The van der Waals surface area contributed by atoms with E-state index in [1.165, 1.54) is 0 Å². The van der Waals surface area contributed by atoms with Crippen molar-refractivity contribution in [2.45, 2.75) is 32.8 Å². The molecule has 1 aliphatic heterocycles. The molecular weight excluding hydrogens is 301 g/mol. The van der Waals surface area contributed by atoms with Crippen LogP contribution in [-0.4, -0.2) is 24.5 Å². The second-order valence-electron chi connectivity index (χ2n) is 4.97. The second kappa shape index (κ2) is 7.11. The van der Waals surface area contributed by atoms with Crippen LogP contribution in [0, 0.1) is 11.6 Å². The Hall–Kier alpha value is -1.60. The lowest BCUT2D eigenvalue weighted by atomic mass is 9.97. The molecule has 1 unspecified atom stereocenters. The Balaban J connectivity index is 2.12. The third-order valence-electron chi connectivity index (χ3n) is 3.02. The Kier molecular flexibility index (Phi) is 5.42. The molecule has 0 spiro atoms. The molecule has 1 aliphatic rings. The maximum Gasteiger partial charge on any atom is 0.405 e. The summed E-state index contributed by atoms with van der Waals surface area (Å²) in [6, 6.07) is 9.76. The summed E-state index contributed by atoms with van der Waals surface area (Å²) in [7, 11) is -3.40. The highest BCUT2D eigenvalue weighted by Gasteiger charge is 2.34. The molecule has 0 amide bonds. The molecule has 0 saturated heterocycles. The maximum absolute atomic E-state index is 12.4. The van der Waals surface area contributed by atoms with Crippen LogP contribution < -0.4 is 0 Å². The molecule has 0 bridgehead atoms. The van der Waals surface area contributed by atoms with E-state index in [0.29, 0.717) is 6.42 Å². The Morgan fingerprint density at radius 1 is 1.27 bits per heavy atom. The Morgan fingerprint density at radius 2 is 1.91 bits per heavy atom. The van der Waals surface area contributed by atoms with Crippen molar-refractivity contribution in [1.82, 2.24) is 0 Å². The molecule has 0 radical (unpaired) electrons. The van der Waals surface area contributed by atoms with Crippen LogP contribution in [0.2, 0.25) is 0 Å². The summed E-state index contributed by atoms with van der Waals surface area (Å²) in [4.78, 5) is 5.44. The fourth-order valence-electron chi connectivity index (χ4n) is 2.02. The summed E-state index contributed by atoms with van der Waals surface area (Å²) in [5.74, 6) is 2.87. The molecule has 2 rings (SSSR count). The zero-order valence-electron chi connectivity index (χ0n) is 13.0. The minimum Gasteiger partial charge on any atom is -0.376 e. The lowest BCUT2D eigenvalue weighted by Crippen LogP contribution is -2.22. The normalized spacial score (nSPS) is 20.8. The van der Waals surface area contributed by atoms with Crippen molar-refractivity contribution in [3.05, 3.63) is 35.9 Å². The van der Waals surface area contributed by atoms with Gasteiger partial charge in [-0.2, -0.15) is 0 Å². The van der Waals surface area contributed by atoms with Crippen molar-refractivity contribution in [2.75, 3.05) is 13.2 Å². The first kappa shape index (κ1) is 16.8. The van der Waals surface area contributed by atoms with E-state index in [4.69, 9.17) is 13.9 Å².